The van der Waals surface area contributed by atoms with Crippen molar-refractivity contribution in [2.75, 3.05) is 12.0 Å². The van der Waals surface area contributed by atoms with Crippen LogP contribution in [0.2, 0.25) is 0 Å². The third kappa shape index (κ3) is 2.91. The number of rotatable bonds is 3. The van der Waals surface area contributed by atoms with Crippen molar-refractivity contribution in [2.24, 2.45) is 11.3 Å². The minimum absolute atomic E-state index is 0.0284. The van der Waals surface area contributed by atoms with Crippen molar-refractivity contribution < 1.29 is 0 Å². The van der Waals surface area contributed by atoms with Crippen molar-refractivity contribution in [1.29, 1.82) is 5.26 Å². The van der Waals surface area contributed by atoms with Crippen molar-refractivity contribution in [3.05, 3.63) is 0 Å². The summed E-state index contributed by atoms with van der Waals surface area (Å²) >= 11 is 1.86. The van der Waals surface area contributed by atoms with Crippen LogP contribution in [0.4, 0.5) is 0 Å². The fourth-order valence-corrected chi connectivity index (χ4v) is 2.94. The van der Waals surface area contributed by atoms with Gasteiger partial charge in [0, 0.05) is 0 Å². The van der Waals surface area contributed by atoms with E-state index in [0.29, 0.717) is 0 Å². The van der Waals surface area contributed by atoms with E-state index in [2.05, 4.69) is 19.2 Å². The number of nitriles is 1. The fourth-order valence-electron chi connectivity index (χ4n) is 2.34. The Morgan fingerprint density at radius 3 is 2.92 bits per heavy atom. The highest BCUT2D eigenvalue weighted by Gasteiger charge is 2.34. The maximum absolute atomic E-state index is 9.23. The molecule has 1 saturated carbocycles. The molecule has 0 aromatic carbocycles. The van der Waals surface area contributed by atoms with Gasteiger partial charge in [0.1, 0.15) is 0 Å². The molecule has 13 heavy (non-hydrogen) atoms. The lowest BCUT2D eigenvalue weighted by atomic mass is 9.69. The van der Waals surface area contributed by atoms with Crippen LogP contribution >= 0.6 is 11.8 Å². The Morgan fingerprint density at radius 2 is 2.38 bits per heavy atom. The Kier molecular flexibility index (Phi) is 4.12. The summed E-state index contributed by atoms with van der Waals surface area (Å²) in [5, 5.41) is 9.23. The fraction of sp³-hybridized carbons (Fsp3) is 0.909. The van der Waals surface area contributed by atoms with Gasteiger partial charge in [0.05, 0.1) is 11.5 Å². The molecule has 0 aromatic heterocycles. The van der Waals surface area contributed by atoms with E-state index in [4.69, 9.17) is 0 Å². The first-order valence-corrected chi connectivity index (χ1v) is 6.52. The molecule has 0 amide bonds. The Morgan fingerprint density at radius 1 is 1.62 bits per heavy atom. The Labute approximate surface area is 85.9 Å². The van der Waals surface area contributed by atoms with Gasteiger partial charge in [-0.1, -0.05) is 19.8 Å². The molecule has 1 nitrogen and oxygen atoms in total. The summed E-state index contributed by atoms with van der Waals surface area (Å²) in [6.45, 7) is 2.28. The highest BCUT2D eigenvalue weighted by Crippen LogP contribution is 2.41. The van der Waals surface area contributed by atoms with Gasteiger partial charge >= 0.3 is 0 Å². The molecule has 0 bridgehead atoms. The summed E-state index contributed by atoms with van der Waals surface area (Å²) in [6, 6.07) is 2.57. The molecule has 1 aliphatic carbocycles. The second-order valence-electron chi connectivity index (χ2n) is 4.34. The minimum Gasteiger partial charge on any atom is -0.198 e. The molecular formula is C11H19NS. The van der Waals surface area contributed by atoms with E-state index in [-0.39, 0.29) is 5.41 Å². The quantitative estimate of drug-likeness (QED) is 0.692. The summed E-state index contributed by atoms with van der Waals surface area (Å²) in [4.78, 5) is 0. The van der Waals surface area contributed by atoms with Crippen LogP contribution in [0.5, 0.6) is 0 Å². The third-order valence-electron chi connectivity index (χ3n) is 3.11. The van der Waals surface area contributed by atoms with Crippen LogP contribution in [0.3, 0.4) is 0 Å². The van der Waals surface area contributed by atoms with Gasteiger partial charge in [0.2, 0.25) is 0 Å². The molecule has 0 aliphatic heterocycles. The van der Waals surface area contributed by atoms with Crippen LogP contribution in [-0.2, 0) is 0 Å². The zero-order chi connectivity index (χ0) is 9.73. The maximum Gasteiger partial charge on any atom is 0.0690 e. The average molecular weight is 197 g/mol. The van der Waals surface area contributed by atoms with Crippen LogP contribution < -0.4 is 0 Å². The lowest BCUT2D eigenvalue weighted by Gasteiger charge is -2.34. The van der Waals surface area contributed by atoms with Crippen molar-refractivity contribution in [3.63, 3.8) is 0 Å². The lowest BCUT2D eigenvalue weighted by Crippen LogP contribution is -2.26. The Bertz CT molecular complexity index is 197. The van der Waals surface area contributed by atoms with Gasteiger partial charge in [-0.25, -0.2) is 0 Å². The van der Waals surface area contributed by atoms with Crippen molar-refractivity contribution >= 4 is 11.8 Å². The van der Waals surface area contributed by atoms with E-state index in [1.165, 1.54) is 12.8 Å². The maximum atomic E-state index is 9.23. The highest BCUT2D eigenvalue weighted by atomic mass is 32.2. The predicted octanol–water partition coefficient (Wildman–Crippen LogP) is 3.46. The minimum atomic E-state index is 0.0284. The van der Waals surface area contributed by atoms with Crippen LogP contribution in [0.25, 0.3) is 0 Å². The van der Waals surface area contributed by atoms with Crippen molar-refractivity contribution in [2.45, 2.75) is 39.0 Å². The largest absolute Gasteiger partial charge is 0.198 e. The third-order valence-corrected chi connectivity index (χ3v) is 3.73. The lowest BCUT2D eigenvalue weighted by molar-refractivity contribution is 0.206. The van der Waals surface area contributed by atoms with E-state index in [1.54, 1.807) is 0 Å². The number of hydrogen-bond donors (Lipinski definition) is 0. The average Bonchev–Trinajstić information content (AvgIpc) is 2.15. The second-order valence-corrected chi connectivity index (χ2v) is 5.32. The van der Waals surface area contributed by atoms with E-state index in [1.807, 2.05) is 11.8 Å². The van der Waals surface area contributed by atoms with Gasteiger partial charge in [-0.15, -0.1) is 0 Å². The molecule has 2 unspecified atom stereocenters. The second kappa shape index (κ2) is 4.91. The molecule has 1 rings (SSSR count). The molecular weight excluding hydrogens is 178 g/mol. The summed E-state index contributed by atoms with van der Waals surface area (Å²) in [5.74, 6) is 1.90. The van der Waals surface area contributed by atoms with Gasteiger partial charge < -0.3 is 0 Å². The molecule has 0 N–H and O–H groups in total. The zero-order valence-corrected chi connectivity index (χ0v) is 9.49. The first kappa shape index (κ1) is 10.9. The molecule has 0 aromatic rings. The van der Waals surface area contributed by atoms with E-state index in [9.17, 15) is 5.26 Å². The monoisotopic (exact) mass is 197 g/mol. The SMILES string of the molecule is CSCCC1(C#N)CCCC(C)C1. The van der Waals surface area contributed by atoms with Crippen molar-refractivity contribution in [1.82, 2.24) is 0 Å². The molecule has 2 atom stereocenters. The molecule has 2 heteroatoms. The van der Waals surface area contributed by atoms with Crippen molar-refractivity contribution in [3.8, 4) is 6.07 Å². The first-order chi connectivity index (χ1) is 6.22. The zero-order valence-electron chi connectivity index (χ0n) is 8.68. The number of nitrogens with zero attached hydrogens (tertiary/aromatic N) is 1. The van der Waals surface area contributed by atoms with E-state index in [0.717, 1.165) is 30.9 Å². The summed E-state index contributed by atoms with van der Waals surface area (Å²) in [7, 11) is 0. The normalized spacial score (nSPS) is 34.1. The standard InChI is InChI=1S/C11H19NS/c1-10-4-3-5-11(8-10,9-12)6-7-13-2/h10H,3-8H2,1-2H3. The highest BCUT2D eigenvalue weighted by molar-refractivity contribution is 7.98. The number of hydrogen-bond acceptors (Lipinski definition) is 2. The molecule has 1 aliphatic rings. The van der Waals surface area contributed by atoms with E-state index >= 15 is 0 Å². The Hall–Kier alpha value is -0.160. The van der Waals surface area contributed by atoms with Gasteiger partial charge in [-0.3, -0.25) is 0 Å². The van der Waals surface area contributed by atoms with Crippen LogP contribution in [0.1, 0.15) is 39.0 Å². The van der Waals surface area contributed by atoms with Gasteiger partial charge in [0.15, 0.2) is 0 Å². The molecule has 0 heterocycles. The summed E-state index contributed by atoms with van der Waals surface area (Å²) in [5.41, 5.74) is 0.0284. The molecule has 0 spiro atoms. The van der Waals surface area contributed by atoms with E-state index < -0.39 is 0 Å². The summed E-state index contributed by atoms with van der Waals surface area (Å²) < 4.78 is 0. The molecule has 0 radical (unpaired) electrons. The molecule has 0 saturated heterocycles. The van der Waals surface area contributed by atoms with Crippen LogP contribution in [0, 0.1) is 22.7 Å². The first-order valence-electron chi connectivity index (χ1n) is 5.13. The topological polar surface area (TPSA) is 23.8 Å². The summed E-state index contributed by atoms with van der Waals surface area (Å²) in [6.07, 6.45) is 8.05. The van der Waals surface area contributed by atoms with Gasteiger partial charge in [-0.2, -0.15) is 17.0 Å². The molecule has 74 valence electrons. The Balaban J connectivity index is 2.53. The van der Waals surface area contributed by atoms with Crippen LogP contribution in [0.15, 0.2) is 0 Å². The molecule has 1 fully saturated rings. The van der Waals surface area contributed by atoms with Gasteiger partial charge in [0.25, 0.3) is 0 Å². The smallest absolute Gasteiger partial charge is 0.0690 e. The number of thioether (sulfide) groups is 1. The predicted molar refractivity (Wildman–Crippen MR) is 58.7 cm³/mol. The van der Waals surface area contributed by atoms with Crippen LogP contribution in [-0.4, -0.2) is 12.0 Å². The van der Waals surface area contributed by atoms with Gasteiger partial charge in [-0.05, 0) is 37.2 Å².